The van der Waals surface area contributed by atoms with Gasteiger partial charge in [-0.3, -0.25) is 14.2 Å². The largest absolute Gasteiger partial charge is 0.455 e. The van der Waals surface area contributed by atoms with Crippen LogP contribution in [0.15, 0.2) is 90.1 Å². The van der Waals surface area contributed by atoms with Gasteiger partial charge in [0.25, 0.3) is 5.91 Å². The summed E-state index contributed by atoms with van der Waals surface area (Å²) in [6.07, 6.45) is 0. The van der Waals surface area contributed by atoms with Crippen molar-refractivity contribution in [2.75, 3.05) is 19.4 Å². The molecular formula is C27H26N4O3S. The Balaban J connectivity index is 1.38. The molecule has 1 amide bonds. The van der Waals surface area contributed by atoms with Crippen molar-refractivity contribution in [2.45, 2.75) is 18.6 Å². The lowest BCUT2D eigenvalue weighted by molar-refractivity contribution is -0.149. The number of rotatable bonds is 9. The number of aryl methyl sites for hydroxylation is 1. The number of carbonyl (C=O) groups excluding carboxylic acids is 2. The SMILES string of the molecule is Cc1ccccc1CN(C)C(=O)COC(=O)CSc1nnc(-c2ccccc2)n1-c1ccccc1. The summed E-state index contributed by atoms with van der Waals surface area (Å²) in [5, 5.41) is 9.24. The van der Waals surface area contributed by atoms with Gasteiger partial charge in [-0.05, 0) is 30.2 Å². The molecule has 7 nitrogen and oxygen atoms in total. The molecule has 1 aromatic heterocycles. The standard InChI is InChI=1S/C27H26N4O3S/c1-20-11-9-10-14-22(20)17-30(2)24(32)18-34-25(33)19-35-27-29-28-26(21-12-5-3-6-13-21)31(27)23-15-7-4-8-16-23/h3-16H,17-19H2,1-2H3. The molecule has 0 atom stereocenters. The van der Waals surface area contributed by atoms with E-state index in [2.05, 4.69) is 10.2 Å². The van der Waals surface area contributed by atoms with Crippen LogP contribution < -0.4 is 0 Å². The second-order valence-corrected chi connectivity index (χ2v) is 8.91. The molecule has 4 aromatic rings. The Morgan fingerprint density at radius 2 is 1.57 bits per heavy atom. The maximum atomic E-state index is 12.5. The lowest BCUT2D eigenvalue weighted by Gasteiger charge is -2.18. The number of ether oxygens (including phenoxy) is 1. The van der Waals surface area contributed by atoms with Crippen molar-refractivity contribution in [1.82, 2.24) is 19.7 Å². The third-order valence-electron chi connectivity index (χ3n) is 5.45. The maximum absolute atomic E-state index is 12.5. The van der Waals surface area contributed by atoms with Crippen LogP contribution in [-0.4, -0.2) is 50.9 Å². The highest BCUT2D eigenvalue weighted by Crippen LogP contribution is 2.27. The number of hydrogen-bond donors (Lipinski definition) is 0. The number of esters is 1. The lowest BCUT2D eigenvalue weighted by Crippen LogP contribution is -2.31. The molecule has 0 spiro atoms. The molecular weight excluding hydrogens is 460 g/mol. The van der Waals surface area contributed by atoms with E-state index in [9.17, 15) is 9.59 Å². The van der Waals surface area contributed by atoms with Gasteiger partial charge in [0.2, 0.25) is 0 Å². The van der Waals surface area contributed by atoms with Crippen LogP contribution in [0.2, 0.25) is 0 Å². The topological polar surface area (TPSA) is 77.3 Å². The minimum atomic E-state index is -0.489. The number of para-hydroxylation sites is 1. The van der Waals surface area contributed by atoms with Crippen LogP contribution in [0.5, 0.6) is 0 Å². The highest BCUT2D eigenvalue weighted by atomic mass is 32.2. The fraction of sp³-hybridized carbons (Fsp3) is 0.185. The lowest BCUT2D eigenvalue weighted by atomic mass is 10.1. The van der Waals surface area contributed by atoms with Gasteiger partial charge in [-0.2, -0.15) is 0 Å². The molecule has 8 heteroatoms. The van der Waals surface area contributed by atoms with Crippen LogP contribution in [0.3, 0.4) is 0 Å². The van der Waals surface area contributed by atoms with Gasteiger partial charge in [-0.1, -0.05) is 84.6 Å². The minimum Gasteiger partial charge on any atom is -0.455 e. The van der Waals surface area contributed by atoms with Gasteiger partial charge < -0.3 is 9.64 Å². The highest BCUT2D eigenvalue weighted by Gasteiger charge is 2.18. The molecule has 35 heavy (non-hydrogen) atoms. The first-order valence-electron chi connectivity index (χ1n) is 11.2. The Morgan fingerprint density at radius 1 is 0.914 bits per heavy atom. The molecule has 1 heterocycles. The Kier molecular flexibility index (Phi) is 7.95. The summed E-state index contributed by atoms with van der Waals surface area (Å²) in [6.45, 7) is 2.16. The van der Waals surface area contributed by atoms with Crippen molar-refractivity contribution >= 4 is 23.6 Å². The van der Waals surface area contributed by atoms with Crippen LogP contribution in [-0.2, 0) is 20.9 Å². The molecule has 0 saturated heterocycles. The van der Waals surface area contributed by atoms with Crippen LogP contribution in [0.4, 0.5) is 0 Å². The summed E-state index contributed by atoms with van der Waals surface area (Å²) < 4.78 is 7.15. The molecule has 0 saturated carbocycles. The van der Waals surface area contributed by atoms with Crippen molar-refractivity contribution in [3.63, 3.8) is 0 Å². The first-order chi connectivity index (χ1) is 17.0. The zero-order chi connectivity index (χ0) is 24.6. The first kappa shape index (κ1) is 24.2. The average molecular weight is 487 g/mol. The number of hydrogen-bond acceptors (Lipinski definition) is 6. The van der Waals surface area contributed by atoms with Gasteiger partial charge in [0.15, 0.2) is 17.6 Å². The molecule has 0 aliphatic heterocycles. The van der Waals surface area contributed by atoms with Gasteiger partial charge in [0, 0.05) is 24.8 Å². The molecule has 0 radical (unpaired) electrons. The number of thioether (sulfide) groups is 1. The second kappa shape index (κ2) is 11.5. The van der Waals surface area contributed by atoms with Crippen LogP contribution in [0, 0.1) is 6.92 Å². The van der Waals surface area contributed by atoms with Crippen molar-refractivity contribution in [3.8, 4) is 17.1 Å². The second-order valence-electron chi connectivity index (χ2n) is 7.97. The van der Waals surface area contributed by atoms with E-state index in [1.165, 1.54) is 11.8 Å². The molecule has 0 unspecified atom stereocenters. The molecule has 3 aromatic carbocycles. The van der Waals surface area contributed by atoms with Crippen LogP contribution in [0.1, 0.15) is 11.1 Å². The maximum Gasteiger partial charge on any atom is 0.316 e. The zero-order valence-electron chi connectivity index (χ0n) is 19.6. The molecule has 0 aliphatic rings. The fourth-order valence-corrected chi connectivity index (χ4v) is 4.25. The third-order valence-corrected chi connectivity index (χ3v) is 6.35. The number of nitrogens with zero attached hydrogens (tertiary/aromatic N) is 4. The summed E-state index contributed by atoms with van der Waals surface area (Å²) in [6, 6.07) is 27.4. The molecule has 4 rings (SSSR count). The summed E-state index contributed by atoms with van der Waals surface area (Å²) >= 11 is 1.22. The predicted octanol–water partition coefficient (Wildman–Crippen LogP) is 4.54. The van der Waals surface area contributed by atoms with E-state index in [0.29, 0.717) is 17.5 Å². The number of benzene rings is 3. The summed E-state index contributed by atoms with van der Waals surface area (Å²) in [5.74, 6) is -0.0586. The Morgan fingerprint density at radius 3 is 2.29 bits per heavy atom. The number of likely N-dealkylation sites (N-methyl/N-ethyl adjacent to an activating group) is 1. The number of amides is 1. The van der Waals surface area contributed by atoms with Crippen molar-refractivity contribution in [3.05, 3.63) is 96.1 Å². The summed E-state index contributed by atoms with van der Waals surface area (Å²) in [7, 11) is 1.70. The van der Waals surface area contributed by atoms with E-state index in [4.69, 9.17) is 4.74 Å². The van der Waals surface area contributed by atoms with E-state index < -0.39 is 5.97 Å². The minimum absolute atomic E-state index is 0.00848. The van der Waals surface area contributed by atoms with Crippen LogP contribution >= 0.6 is 11.8 Å². The highest BCUT2D eigenvalue weighted by molar-refractivity contribution is 7.99. The fourth-order valence-electron chi connectivity index (χ4n) is 3.50. The van der Waals surface area contributed by atoms with Gasteiger partial charge >= 0.3 is 5.97 Å². The molecule has 0 bridgehead atoms. The van der Waals surface area contributed by atoms with Gasteiger partial charge in [-0.15, -0.1) is 10.2 Å². The van der Waals surface area contributed by atoms with Gasteiger partial charge in [0.1, 0.15) is 0 Å². The van der Waals surface area contributed by atoms with Crippen molar-refractivity contribution < 1.29 is 14.3 Å². The number of aromatic nitrogens is 3. The Labute approximate surface area is 208 Å². The Hall–Kier alpha value is -3.91. The van der Waals surface area contributed by atoms with E-state index in [1.54, 1.807) is 11.9 Å². The quantitative estimate of drug-likeness (QED) is 0.255. The average Bonchev–Trinajstić information content (AvgIpc) is 3.32. The van der Waals surface area contributed by atoms with Crippen LogP contribution in [0.25, 0.3) is 17.1 Å². The predicted molar refractivity (Wildman–Crippen MR) is 136 cm³/mol. The summed E-state index contributed by atoms with van der Waals surface area (Å²) in [5.41, 5.74) is 3.97. The molecule has 178 valence electrons. The monoisotopic (exact) mass is 486 g/mol. The van der Waals surface area contributed by atoms with Crippen molar-refractivity contribution in [2.24, 2.45) is 0 Å². The smallest absolute Gasteiger partial charge is 0.316 e. The zero-order valence-corrected chi connectivity index (χ0v) is 20.4. The van der Waals surface area contributed by atoms with E-state index in [1.807, 2.05) is 96.4 Å². The molecule has 0 N–H and O–H groups in total. The van der Waals surface area contributed by atoms with Crippen molar-refractivity contribution in [1.29, 1.82) is 0 Å². The van der Waals surface area contributed by atoms with Gasteiger partial charge in [0.05, 0.1) is 5.75 Å². The third kappa shape index (κ3) is 6.16. The molecule has 0 aliphatic carbocycles. The number of carbonyl (C=O) groups is 2. The van der Waals surface area contributed by atoms with E-state index >= 15 is 0 Å². The van der Waals surface area contributed by atoms with Gasteiger partial charge in [-0.25, -0.2) is 0 Å². The normalized spacial score (nSPS) is 10.7. The Bertz CT molecular complexity index is 1290. The first-order valence-corrected chi connectivity index (χ1v) is 12.1. The van der Waals surface area contributed by atoms with E-state index in [-0.39, 0.29) is 18.3 Å². The molecule has 0 fully saturated rings. The summed E-state index contributed by atoms with van der Waals surface area (Å²) in [4.78, 5) is 26.4. The van der Waals surface area contributed by atoms with E-state index in [0.717, 1.165) is 22.4 Å².